The summed E-state index contributed by atoms with van der Waals surface area (Å²) < 4.78 is 11.2. The van der Waals surface area contributed by atoms with Gasteiger partial charge in [-0.15, -0.1) is 11.8 Å². The van der Waals surface area contributed by atoms with Crippen LogP contribution in [0, 0.1) is 5.92 Å². The van der Waals surface area contributed by atoms with Gasteiger partial charge in [-0.2, -0.15) is 0 Å². The second-order valence-corrected chi connectivity index (χ2v) is 9.41. The van der Waals surface area contributed by atoms with Crippen LogP contribution in [-0.2, 0) is 9.59 Å². The molecular weight excluding hydrogens is 364 g/mol. The molecule has 0 bridgehead atoms. The summed E-state index contributed by atoms with van der Waals surface area (Å²) in [5, 5.41) is 3.01. The van der Waals surface area contributed by atoms with E-state index in [1.54, 1.807) is 16.7 Å². The number of carbonyl (C=O) groups excluding carboxylic acids is 2. The van der Waals surface area contributed by atoms with Gasteiger partial charge in [0, 0.05) is 17.2 Å². The van der Waals surface area contributed by atoms with Crippen molar-refractivity contribution in [2.75, 3.05) is 24.8 Å². The summed E-state index contributed by atoms with van der Waals surface area (Å²) in [5.74, 6) is 2.97. The maximum atomic E-state index is 13.0. The second-order valence-electron chi connectivity index (χ2n) is 8.41. The van der Waals surface area contributed by atoms with Gasteiger partial charge in [0.15, 0.2) is 11.5 Å². The summed E-state index contributed by atoms with van der Waals surface area (Å²) >= 11 is 1.64. The lowest BCUT2D eigenvalue weighted by Crippen LogP contribution is -2.52. The van der Waals surface area contributed by atoms with Crippen molar-refractivity contribution in [2.45, 2.75) is 44.7 Å². The fourth-order valence-corrected chi connectivity index (χ4v) is 4.83. The molecule has 4 rings (SSSR count). The zero-order chi connectivity index (χ0) is 19.2. The number of ether oxygens (including phenoxy) is 2. The van der Waals surface area contributed by atoms with Crippen molar-refractivity contribution in [3.63, 3.8) is 0 Å². The Hall–Kier alpha value is -1.89. The van der Waals surface area contributed by atoms with Crippen molar-refractivity contribution >= 4 is 23.6 Å². The highest BCUT2D eigenvalue weighted by Gasteiger charge is 2.49. The van der Waals surface area contributed by atoms with E-state index in [-0.39, 0.29) is 35.2 Å². The Morgan fingerprint density at radius 3 is 2.67 bits per heavy atom. The van der Waals surface area contributed by atoms with Crippen LogP contribution in [0.1, 0.15) is 38.7 Å². The van der Waals surface area contributed by atoms with E-state index in [0.29, 0.717) is 24.8 Å². The topological polar surface area (TPSA) is 67.9 Å². The Labute approximate surface area is 164 Å². The normalized spacial score (nSPS) is 26.6. The van der Waals surface area contributed by atoms with Crippen molar-refractivity contribution in [1.29, 1.82) is 0 Å². The first-order valence-electron chi connectivity index (χ1n) is 9.43. The van der Waals surface area contributed by atoms with E-state index < -0.39 is 0 Å². The fraction of sp³-hybridized carbons (Fsp3) is 0.600. The monoisotopic (exact) mass is 390 g/mol. The van der Waals surface area contributed by atoms with E-state index in [1.807, 2.05) is 39.0 Å². The molecule has 1 saturated heterocycles. The predicted molar refractivity (Wildman–Crippen MR) is 104 cm³/mol. The van der Waals surface area contributed by atoms with Gasteiger partial charge in [0.2, 0.25) is 11.8 Å². The molecule has 2 aliphatic heterocycles. The van der Waals surface area contributed by atoms with Crippen molar-refractivity contribution in [3.05, 3.63) is 23.8 Å². The highest BCUT2D eigenvalue weighted by Crippen LogP contribution is 2.50. The van der Waals surface area contributed by atoms with Crippen LogP contribution in [0.4, 0.5) is 0 Å². The minimum Gasteiger partial charge on any atom is -0.486 e. The average Bonchev–Trinajstić information content (AvgIpc) is 3.26. The molecule has 0 unspecified atom stereocenters. The van der Waals surface area contributed by atoms with Crippen LogP contribution >= 0.6 is 11.8 Å². The maximum absolute atomic E-state index is 13.0. The molecule has 0 spiro atoms. The Kier molecular flexibility index (Phi) is 4.74. The third-order valence-corrected chi connectivity index (χ3v) is 6.08. The van der Waals surface area contributed by atoms with E-state index in [2.05, 4.69) is 5.32 Å². The quantitative estimate of drug-likeness (QED) is 0.858. The molecule has 146 valence electrons. The lowest BCUT2D eigenvalue weighted by molar-refractivity contribution is -0.139. The first kappa shape index (κ1) is 18.5. The molecular formula is C20H26N2O4S. The molecule has 1 saturated carbocycles. The van der Waals surface area contributed by atoms with E-state index in [1.165, 1.54) is 0 Å². The zero-order valence-corrected chi connectivity index (χ0v) is 16.8. The molecule has 6 nitrogen and oxygen atoms in total. The third kappa shape index (κ3) is 3.88. The Morgan fingerprint density at radius 2 is 1.93 bits per heavy atom. The van der Waals surface area contributed by atoms with Gasteiger partial charge in [-0.3, -0.25) is 9.59 Å². The minimum absolute atomic E-state index is 0.0452. The molecule has 0 aromatic heterocycles. The van der Waals surface area contributed by atoms with Crippen LogP contribution < -0.4 is 14.8 Å². The van der Waals surface area contributed by atoms with Crippen molar-refractivity contribution < 1.29 is 19.1 Å². The average molecular weight is 391 g/mol. The molecule has 1 aromatic rings. The highest BCUT2D eigenvalue weighted by molar-refractivity contribution is 7.99. The number of carbonyl (C=O) groups is 2. The summed E-state index contributed by atoms with van der Waals surface area (Å²) in [6, 6.07) is 5.57. The second kappa shape index (κ2) is 6.93. The van der Waals surface area contributed by atoms with Crippen molar-refractivity contribution in [2.24, 2.45) is 5.92 Å². The van der Waals surface area contributed by atoms with Crippen LogP contribution in [-0.4, -0.2) is 53.1 Å². The standard InChI is InChI=1S/C20H26N2O4S/c1-20(2,3)21-18(23)15-10-27-11-22(15)19(24)14-9-13(14)12-4-5-16-17(8-12)26-7-6-25-16/h4-5,8,13-15H,6-7,9-11H2,1-3H3,(H,21,23)/t13-,14-,15-/m0/s1. The smallest absolute Gasteiger partial charge is 0.244 e. The summed E-state index contributed by atoms with van der Waals surface area (Å²) in [7, 11) is 0. The van der Waals surface area contributed by atoms with Crippen LogP contribution in [0.5, 0.6) is 11.5 Å². The van der Waals surface area contributed by atoms with Crippen LogP contribution in [0.15, 0.2) is 18.2 Å². The molecule has 27 heavy (non-hydrogen) atoms. The summed E-state index contributed by atoms with van der Waals surface area (Å²) in [6.45, 7) is 6.99. The maximum Gasteiger partial charge on any atom is 0.244 e. The molecule has 3 aliphatic rings. The Balaban J connectivity index is 1.42. The number of rotatable bonds is 3. The number of fused-ring (bicyclic) bond motifs is 1. The molecule has 1 N–H and O–H groups in total. The molecule has 0 radical (unpaired) electrons. The van der Waals surface area contributed by atoms with Gasteiger partial charge >= 0.3 is 0 Å². The zero-order valence-electron chi connectivity index (χ0n) is 16.0. The Morgan fingerprint density at radius 1 is 1.19 bits per heavy atom. The van der Waals surface area contributed by atoms with Crippen molar-refractivity contribution in [3.8, 4) is 11.5 Å². The van der Waals surface area contributed by atoms with Gasteiger partial charge in [0.1, 0.15) is 19.3 Å². The number of nitrogens with zero attached hydrogens (tertiary/aromatic N) is 1. The largest absolute Gasteiger partial charge is 0.486 e. The summed E-state index contributed by atoms with van der Waals surface area (Å²) in [5.41, 5.74) is 0.812. The van der Waals surface area contributed by atoms with E-state index >= 15 is 0 Å². The van der Waals surface area contributed by atoms with Crippen LogP contribution in [0.25, 0.3) is 0 Å². The van der Waals surface area contributed by atoms with Crippen LogP contribution in [0.3, 0.4) is 0 Å². The molecule has 1 aliphatic carbocycles. The van der Waals surface area contributed by atoms with E-state index in [0.717, 1.165) is 23.5 Å². The highest BCUT2D eigenvalue weighted by atomic mass is 32.2. The number of hydrogen-bond acceptors (Lipinski definition) is 5. The van der Waals surface area contributed by atoms with Gasteiger partial charge in [-0.05, 0) is 50.8 Å². The summed E-state index contributed by atoms with van der Waals surface area (Å²) in [4.78, 5) is 27.4. The predicted octanol–water partition coefficient (Wildman–Crippen LogP) is 2.38. The number of amides is 2. The van der Waals surface area contributed by atoms with E-state index in [4.69, 9.17) is 9.47 Å². The molecule has 7 heteroatoms. The lowest BCUT2D eigenvalue weighted by atomic mass is 10.1. The molecule has 3 atom stereocenters. The SMILES string of the molecule is CC(C)(C)NC(=O)[C@@H]1CSCN1C(=O)[C@H]1C[C@H]1c1ccc2c(c1)OCCO2. The van der Waals surface area contributed by atoms with E-state index in [9.17, 15) is 9.59 Å². The van der Waals surface area contributed by atoms with Gasteiger partial charge in [0.05, 0.1) is 5.88 Å². The molecule has 2 amide bonds. The third-order valence-electron chi connectivity index (χ3n) is 5.07. The van der Waals surface area contributed by atoms with Gasteiger partial charge in [-0.25, -0.2) is 0 Å². The number of benzene rings is 1. The lowest BCUT2D eigenvalue weighted by Gasteiger charge is -2.28. The van der Waals surface area contributed by atoms with Gasteiger partial charge in [-0.1, -0.05) is 6.07 Å². The summed E-state index contributed by atoms with van der Waals surface area (Å²) in [6.07, 6.45) is 0.827. The first-order valence-corrected chi connectivity index (χ1v) is 10.6. The molecule has 2 fully saturated rings. The van der Waals surface area contributed by atoms with Crippen LogP contribution in [0.2, 0.25) is 0 Å². The number of hydrogen-bond donors (Lipinski definition) is 1. The molecule has 1 aromatic carbocycles. The van der Waals surface area contributed by atoms with Gasteiger partial charge < -0.3 is 19.7 Å². The van der Waals surface area contributed by atoms with Gasteiger partial charge in [0.25, 0.3) is 0 Å². The first-order chi connectivity index (χ1) is 12.8. The number of thioether (sulfide) groups is 1. The molecule has 2 heterocycles. The van der Waals surface area contributed by atoms with Crippen molar-refractivity contribution in [1.82, 2.24) is 10.2 Å². The fourth-order valence-electron chi connectivity index (χ4n) is 3.67. The number of nitrogens with one attached hydrogen (secondary N) is 1. The Bertz CT molecular complexity index is 761. The minimum atomic E-state index is -0.372.